The maximum atomic E-state index is 13.5. The molecule has 1 rings (SSSR count). The van der Waals surface area contributed by atoms with E-state index in [2.05, 4.69) is 0 Å². The molecule has 0 bridgehead atoms. The minimum Gasteiger partial charge on any atom is -0.391 e. The molecule has 0 radical (unpaired) electrons. The van der Waals surface area contributed by atoms with Crippen LogP contribution < -0.4 is 5.73 Å². The fraction of sp³-hybridized carbons (Fsp3) is 0.500. The lowest BCUT2D eigenvalue weighted by Gasteiger charge is -2.24. The van der Waals surface area contributed by atoms with Gasteiger partial charge in [-0.05, 0) is 24.1 Å². The molecule has 17 heavy (non-hydrogen) atoms. The van der Waals surface area contributed by atoms with E-state index in [-0.39, 0.29) is 23.9 Å². The maximum Gasteiger partial charge on any atom is 0.128 e. The van der Waals surface area contributed by atoms with Crippen LogP contribution in [-0.4, -0.2) is 11.2 Å². The van der Waals surface area contributed by atoms with E-state index >= 15 is 0 Å². The number of hydrogen-bond donors (Lipinski definition) is 2. The van der Waals surface area contributed by atoms with Gasteiger partial charge >= 0.3 is 0 Å². The zero-order valence-corrected chi connectivity index (χ0v) is 11.4. The highest BCUT2D eigenvalue weighted by Crippen LogP contribution is 2.26. The quantitative estimate of drug-likeness (QED) is 0.890. The summed E-state index contributed by atoms with van der Waals surface area (Å²) in [6, 6.07) is 3.45. The van der Waals surface area contributed by atoms with E-state index in [1.165, 1.54) is 18.2 Å². The van der Waals surface area contributed by atoms with Crippen molar-refractivity contribution < 1.29 is 9.50 Å². The lowest BCUT2D eigenvalue weighted by atomic mass is 9.91. The zero-order valence-electron chi connectivity index (χ0n) is 9.86. The standard InChI is InChI=1S/C12H17ClFNO.ClH/c1-3-7(2)12(16)11(15)9-6-8(13)4-5-10(9)14;/h4-7,11-12,16H,3,15H2,1-2H3;1H/t7?,11-,12+;/m0./s1. The number of rotatable bonds is 4. The highest BCUT2D eigenvalue weighted by atomic mass is 35.5. The summed E-state index contributed by atoms with van der Waals surface area (Å²) in [6.45, 7) is 3.84. The van der Waals surface area contributed by atoms with Crippen LogP contribution in [0.4, 0.5) is 4.39 Å². The number of aliphatic hydroxyl groups is 1. The molecule has 0 fully saturated rings. The topological polar surface area (TPSA) is 46.2 Å². The minimum absolute atomic E-state index is 0. The number of nitrogens with two attached hydrogens (primary N) is 1. The molecule has 0 saturated heterocycles. The summed E-state index contributed by atoms with van der Waals surface area (Å²) in [5.41, 5.74) is 6.10. The normalized spacial score (nSPS) is 15.9. The maximum absolute atomic E-state index is 13.5. The Labute approximate surface area is 112 Å². The van der Waals surface area contributed by atoms with E-state index in [9.17, 15) is 9.50 Å². The van der Waals surface area contributed by atoms with Gasteiger partial charge in [-0.15, -0.1) is 12.4 Å². The molecular weight excluding hydrogens is 264 g/mol. The third kappa shape index (κ3) is 4.11. The molecule has 1 aromatic carbocycles. The predicted molar refractivity (Wildman–Crippen MR) is 71.0 cm³/mol. The Balaban J connectivity index is 0.00000256. The number of benzene rings is 1. The first kappa shape index (κ1) is 16.6. The van der Waals surface area contributed by atoms with Gasteiger partial charge in [0, 0.05) is 10.6 Å². The van der Waals surface area contributed by atoms with Gasteiger partial charge in [0.15, 0.2) is 0 Å². The third-order valence-electron chi connectivity index (χ3n) is 2.91. The SMILES string of the molecule is CCC(C)[C@@H](O)[C@@H](N)c1cc(Cl)ccc1F.Cl. The molecule has 1 aromatic rings. The molecule has 1 unspecified atom stereocenters. The van der Waals surface area contributed by atoms with Crippen molar-refractivity contribution in [1.29, 1.82) is 0 Å². The monoisotopic (exact) mass is 281 g/mol. The van der Waals surface area contributed by atoms with Crippen molar-refractivity contribution in [2.45, 2.75) is 32.4 Å². The lowest BCUT2D eigenvalue weighted by molar-refractivity contribution is 0.0867. The zero-order chi connectivity index (χ0) is 12.3. The molecule has 0 aliphatic carbocycles. The predicted octanol–water partition coefficient (Wildman–Crippen LogP) is 3.31. The molecule has 0 spiro atoms. The van der Waals surface area contributed by atoms with Crippen LogP contribution in [-0.2, 0) is 0 Å². The van der Waals surface area contributed by atoms with Crippen molar-refractivity contribution in [3.05, 3.63) is 34.6 Å². The van der Waals surface area contributed by atoms with Crippen LogP contribution >= 0.6 is 24.0 Å². The van der Waals surface area contributed by atoms with Gasteiger partial charge in [0.2, 0.25) is 0 Å². The molecule has 0 heterocycles. The smallest absolute Gasteiger partial charge is 0.128 e. The van der Waals surface area contributed by atoms with Crippen molar-refractivity contribution >= 4 is 24.0 Å². The molecule has 0 saturated carbocycles. The van der Waals surface area contributed by atoms with Gasteiger partial charge in [-0.25, -0.2) is 4.39 Å². The van der Waals surface area contributed by atoms with Crippen LogP contribution in [0.15, 0.2) is 18.2 Å². The van der Waals surface area contributed by atoms with Crippen LogP contribution in [0.2, 0.25) is 5.02 Å². The van der Waals surface area contributed by atoms with E-state index in [4.69, 9.17) is 17.3 Å². The highest BCUT2D eigenvalue weighted by Gasteiger charge is 2.24. The summed E-state index contributed by atoms with van der Waals surface area (Å²) in [5, 5.41) is 10.3. The van der Waals surface area contributed by atoms with Gasteiger partial charge in [0.1, 0.15) is 5.82 Å². The van der Waals surface area contributed by atoms with Gasteiger partial charge < -0.3 is 10.8 Å². The second-order valence-electron chi connectivity index (χ2n) is 4.07. The first-order valence-corrected chi connectivity index (χ1v) is 5.73. The summed E-state index contributed by atoms with van der Waals surface area (Å²) < 4.78 is 13.5. The first-order chi connectivity index (χ1) is 7.47. The second-order valence-corrected chi connectivity index (χ2v) is 4.50. The molecule has 98 valence electrons. The van der Waals surface area contributed by atoms with E-state index < -0.39 is 18.0 Å². The largest absolute Gasteiger partial charge is 0.391 e. The van der Waals surface area contributed by atoms with Crippen molar-refractivity contribution in [2.75, 3.05) is 0 Å². The molecule has 0 aliphatic rings. The van der Waals surface area contributed by atoms with Gasteiger partial charge in [0.05, 0.1) is 12.1 Å². The van der Waals surface area contributed by atoms with Crippen LogP contribution in [0.3, 0.4) is 0 Å². The summed E-state index contributed by atoms with van der Waals surface area (Å²) in [7, 11) is 0. The lowest BCUT2D eigenvalue weighted by Crippen LogP contribution is -2.32. The van der Waals surface area contributed by atoms with Crippen molar-refractivity contribution in [3.63, 3.8) is 0 Å². The van der Waals surface area contributed by atoms with E-state index in [0.29, 0.717) is 5.02 Å². The molecule has 2 nitrogen and oxygen atoms in total. The summed E-state index contributed by atoms with van der Waals surface area (Å²) in [4.78, 5) is 0. The number of halogens is 3. The number of hydrogen-bond acceptors (Lipinski definition) is 2. The molecule has 3 atom stereocenters. The van der Waals surface area contributed by atoms with Crippen LogP contribution in [0, 0.1) is 11.7 Å². The Bertz CT molecular complexity index is 362. The first-order valence-electron chi connectivity index (χ1n) is 5.36. The molecule has 5 heteroatoms. The average Bonchev–Trinajstić information content (AvgIpc) is 2.29. The van der Waals surface area contributed by atoms with Gasteiger partial charge in [-0.2, -0.15) is 0 Å². The van der Waals surface area contributed by atoms with Gasteiger partial charge in [-0.3, -0.25) is 0 Å². The summed E-state index contributed by atoms with van der Waals surface area (Å²) in [5.74, 6) is -0.410. The van der Waals surface area contributed by atoms with E-state index in [1.54, 1.807) is 0 Å². The van der Waals surface area contributed by atoms with Crippen molar-refractivity contribution in [3.8, 4) is 0 Å². The Morgan fingerprint density at radius 3 is 2.59 bits per heavy atom. The van der Waals surface area contributed by atoms with E-state index in [0.717, 1.165) is 6.42 Å². The Morgan fingerprint density at radius 2 is 2.06 bits per heavy atom. The van der Waals surface area contributed by atoms with E-state index in [1.807, 2.05) is 13.8 Å². The molecular formula is C12H18Cl2FNO. The molecule has 0 amide bonds. The van der Waals surface area contributed by atoms with Crippen molar-refractivity contribution in [2.24, 2.45) is 11.7 Å². The van der Waals surface area contributed by atoms with Crippen LogP contribution in [0.1, 0.15) is 31.9 Å². The molecule has 3 N–H and O–H groups in total. The minimum atomic E-state index is -0.766. The van der Waals surface area contributed by atoms with Crippen LogP contribution in [0.5, 0.6) is 0 Å². The van der Waals surface area contributed by atoms with Crippen molar-refractivity contribution in [1.82, 2.24) is 0 Å². The Hall–Kier alpha value is -0.350. The summed E-state index contributed by atoms with van der Waals surface area (Å²) in [6.07, 6.45) is 0.0230. The fourth-order valence-electron chi connectivity index (χ4n) is 1.55. The fourth-order valence-corrected chi connectivity index (χ4v) is 1.73. The third-order valence-corrected chi connectivity index (χ3v) is 3.15. The van der Waals surface area contributed by atoms with Crippen LogP contribution in [0.25, 0.3) is 0 Å². The second kappa shape index (κ2) is 7.17. The Kier molecular flexibility index (Phi) is 7.02. The Morgan fingerprint density at radius 1 is 1.47 bits per heavy atom. The van der Waals surface area contributed by atoms with Gasteiger partial charge in [-0.1, -0.05) is 31.9 Å². The van der Waals surface area contributed by atoms with Gasteiger partial charge in [0.25, 0.3) is 0 Å². The molecule has 0 aliphatic heterocycles. The average molecular weight is 282 g/mol. The molecule has 0 aromatic heterocycles. The summed E-state index contributed by atoms with van der Waals surface area (Å²) >= 11 is 5.78. The highest BCUT2D eigenvalue weighted by molar-refractivity contribution is 6.30. The number of aliphatic hydroxyl groups excluding tert-OH is 1.